The molecule has 6 heteroatoms. The Hall–Kier alpha value is -1.30. The van der Waals surface area contributed by atoms with E-state index in [1.54, 1.807) is 0 Å². The molecule has 0 aromatic heterocycles. The van der Waals surface area contributed by atoms with Crippen LogP contribution in [0.5, 0.6) is 0 Å². The van der Waals surface area contributed by atoms with Gasteiger partial charge in [-0.05, 0) is 19.8 Å². The van der Waals surface area contributed by atoms with Crippen LogP contribution in [0.3, 0.4) is 0 Å². The van der Waals surface area contributed by atoms with Gasteiger partial charge in [-0.2, -0.15) is 4.99 Å². The first-order valence-electron chi connectivity index (χ1n) is 4.66. The molecule has 0 spiro atoms. The topological polar surface area (TPSA) is 112 Å². The van der Waals surface area contributed by atoms with E-state index in [1.165, 1.54) is 0 Å². The number of nitrogens with zero attached hydrogens (tertiary/aromatic N) is 2. The molecule has 0 heterocycles. The molecule has 6 nitrogen and oxygen atoms in total. The Morgan fingerprint density at radius 2 is 2.00 bits per heavy atom. The van der Waals surface area contributed by atoms with E-state index in [0.717, 1.165) is 19.4 Å². The van der Waals surface area contributed by atoms with Gasteiger partial charge in [0.25, 0.3) is 0 Å². The minimum Gasteiger partial charge on any atom is -0.378 e. The van der Waals surface area contributed by atoms with Gasteiger partial charge in [-0.3, -0.25) is 0 Å². The molecule has 14 heavy (non-hydrogen) atoms. The second-order valence-corrected chi connectivity index (χ2v) is 3.23. The van der Waals surface area contributed by atoms with E-state index in [4.69, 9.17) is 21.9 Å². The molecule has 0 aromatic rings. The summed E-state index contributed by atoms with van der Waals surface area (Å²) in [6, 6.07) is 0.203. The Morgan fingerprint density at radius 3 is 2.50 bits per heavy atom. The molecule has 0 aliphatic heterocycles. The van der Waals surface area contributed by atoms with Crippen LogP contribution >= 0.6 is 0 Å². The zero-order chi connectivity index (χ0) is 10.6. The second-order valence-electron chi connectivity index (χ2n) is 3.23. The number of ether oxygens (including phenoxy) is 1. The summed E-state index contributed by atoms with van der Waals surface area (Å²) in [4.78, 5) is 7.75. The van der Waals surface area contributed by atoms with E-state index < -0.39 is 0 Å². The van der Waals surface area contributed by atoms with Crippen LogP contribution in [-0.4, -0.2) is 30.7 Å². The molecule has 0 bridgehead atoms. The lowest BCUT2D eigenvalue weighted by Gasteiger charge is -2.31. The quantitative estimate of drug-likeness (QED) is 0.405. The summed E-state index contributed by atoms with van der Waals surface area (Å²) >= 11 is 0. The summed E-state index contributed by atoms with van der Waals surface area (Å²) in [5.74, 6) is 0.0804. The molecular weight excluding hydrogens is 182 g/mol. The fourth-order valence-corrected chi connectivity index (χ4v) is 1.36. The molecule has 1 saturated carbocycles. The average molecular weight is 199 g/mol. The maximum absolute atomic E-state index is 5.47. The third-order valence-electron chi connectivity index (χ3n) is 2.03. The van der Waals surface area contributed by atoms with Crippen molar-refractivity contribution in [2.75, 3.05) is 6.61 Å². The SMILES string of the molecule is CCOC1CC(N=C(N)N=C(N)N)C1. The molecule has 0 aromatic carbocycles. The summed E-state index contributed by atoms with van der Waals surface area (Å²) in [6.45, 7) is 2.72. The van der Waals surface area contributed by atoms with E-state index in [-0.39, 0.29) is 18.0 Å². The third-order valence-corrected chi connectivity index (χ3v) is 2.03. The maximum atomic E-state index is 5.47. The number of rotatable bonds is 3. The molecule has 1 aliphatic carbocycles. The minimum absolute atomic E-state index is 0.0630. The van der Waals surface area contributed by atoms with Crippen LogP contribution in [0.25, 0.3) is 0 Å². The van der Waals surface area contributed by atoms with Crippen molar-refractivity contribution in [1.29, 1.82) is 0 Å². The smallest absolute Gasteiger partial charge is 0.218 e. The van der Waals surface area contributed by atoms with Gasteiger partial charge in [0, 0.05) is 6.61 Å². The van der Waals surface area contributed by atoms with Crippen LogP contribution in [-0.2, 0) is 4.74 Å². The van der Waals surface area contributed by atoms with Crippen molar-refractivity contribution in [2.45, 2.75) is 31.9 Å². The molecule has 80 valence electrons. The first-order valence-corrected chi connectivity index (χ1v) is 4.66. The summed E-state index contributed by atoms with van der Waals surface area (Å²) in [5, 5.41) is 0. The fourth-order valence-electron chi connectivity index (χ4n) is 1.36. The van der Waals surface area contributed by atoms with Crippen LogP contribution < -0.4 is 17.2 Å². The normalized spacial score (nSPS) is 26.8. The highest BCUT2D eigenvalue weighted by atomic mass is 16.5. The highest BCUT2D eigenvalue weighted by Gasteiger charge is 2.29. The first-order chi connectivity index (χ1) is 6.61. The molecule has 0 atom stereocenters. The van der Waals surface area contributed by atoms with Gasteiger partial charge in [-0.25, -0.2) is 4.99 Å². The first kappa shape index (κ1) is 10.8. The van der Waals surface area contributed by atoms with Gasteiger partial charge in [0.2, 0.25) is 5.96 Å². The second kappa shape index (κ2) is 4.80. The van der Waals surface area contributed by atoms with Crippen molar-refractivity contribution in [3.63, 3.8) is 0 Å². The Labute approximate surface area is 83.2 Å². The fraction of sp³-hybridized carbons (Fsp3) is 0.750. The van der Waals surface area contributed by atoms with Crippen molar-refractivity contribution < 1.29 is 4.74 Å². The number of guanidine groups is 2. The molecular formula is C8H17N5O. The molecule has 1 fully saturated rings. The van der Waals surface area contributed by atoms with Crippen LogP contribution in [0.15, 0.2) is 9.98 Å². The molecule has 0 unspecified atom stereocenters. The van der Waals surface area contributed by atoms with Crippen molar-refractivity contribution in [2.24, 2.45) is 27.2 Å². The Kier molecular flexibility index (Phi) is 3.70. The van der Waals surface area contributed by atoms with Crippen LogP contribution in [0.2, 0.25) is 0 Å². The van der Waals surface area contributed by atoms with Crippen molar-refractivity contribution in [3.8, 4) is 0 Å². The van der Waals surface area contributed by atoms with Gasteiger partial charge in [-0.1, -0.05) is 0 Å². The van der Waals surface area contributed by atoms with Gasteiger partial charge in [0.05, 0.1) is 12.1 Å². The third kappa shape index (κ3) is 3.21. The summed E-state index contributed by atoms with van der Waals surface area (Å²) in [7, 11) is 0. The zero-order valence-corrected chi connectivity index (χ0v) is 8.31. The van der Waals surface area contributed by atoms with E-state index in [1.807, 2.05) is 6.92 Å². The summed E-state index contributed by atoms with van der Waals surface area (Å²) in [6.07, 6.45) is 2.11. The largest absolute Gasteiger partial charge is 0.378 e. The molecule has 1 rings (SSSR count). The molecule has 6 N–H and O–H groups in total. The Balaban J connectivity index is 2.30. The highest BCUT2D eigenvalue weighted by molar-refractivity contribution is 5.92. The number of nitrogens with two attached hydrogens (primary N) is 3. The lowest BCUT2D eigenvalue weighted by molar-refractivity contribution is -0.000720. The van der Waals surface area contributed by atoms with Crippen molar-refractivity contribution >= 4 is 11.9 Å². The van der Waals surface area contributed by atoms with Crippen molar-refractivity contribution in [3.05, 3.63) is 0 Å². The van der Waals surface area contributed by atoms with Gasteiger partial charge >= 0.3 is 0 Å². The molecule has 0 amide bonds. The van der Waals surface area contributed by atoms with Gasteiger partial charge in [0.15, 0.2) is 5.96 Å². The summed E-state index contributed by atoms with van der Waals surface area (Å²) < 4.78 is 5.38. The molecule has 1 aliphatic rings. The van der Waals surface area contributed by atoms with E-state index in [0.29, 0.717) is 6.10 Å². The van der Waals surface area contributed by atoms with Crippen LogP contribution in [0.4, 0.5) is 0 Å². The highest BCUT2D eigenvalue weighted by Crippen LogP contribution is 2.26. The predicted octanol–water partition coefficient (Wildman–Crippen LogP) is -0.858. The van der Waals surface area contributed by atoms with Crippen LogP contribution in [0, 0.1) is 0 Å². The standard InChI is InChI=1S/C8H17N5O/c1-2-14-6-3-5(4-6)12-8(11)13-7(9)10/h5-6H,2-4H2,1H3,(H6,9,10,11,12,13). The Morgan fingerprint density at radius 1 is 1.36 bits per heavy atom. The maximum Gasteiger partial charge on any atom is 0.218 e. The van der Waals surface area contributed by atoms with Crippen LogP contribution in [0.1, 0.15) is 19.8 Å². The number of hydrogen-bond donors (Lipinski definition) is 3. The van der Waals surface area contributed by atoms with E-state index in [9.17, 15) is 0 Å². The monoisotopic (exact) mass is 199 g/mol. The zero-order valence-electron chi connectivity index (χ0n) is 8.31. The van der Waals surface area contributed by atoms with Crippen molar-refractivity contribution in [1.82, 2.24) is 0 Å². The lowest BCUT2D eigenvalue weighted by Crippen LogP contribution is -2.36. The minimum atomic E-state index is -0.0630. The Bertz CT molecular complexity index is 240. The molecule has 0 saturated heterocycles. The van der Waals surface area contributed by atoms with Gasteiger partial charge in [0.1, 0.15) is 0 Å². The summed E-state index contributed by atoms with van der Waals surface area (Å²) in [5.41, 5.74) is 15.8. The molecule has 0 radical (unpaired) electrons. The number of hydrogen-bond acceptors (Lipinski definition) is 2. The predicted molar refractivity (Wildman–Crippen MR) is 55.9 cm³/mol. The lowest BCUT2D eigenvalue weighted by atomic mass is 9.90. The number of aliphatic imine (C=N–C) groups is 2. The van der Waals surface area contributed by atoms with E-state index >= 15 is 0 Å². The van der Waals surface area contributed by atoms with E-state index in [2.05, 4.69) is 9.98 Å². The van der Waals surface area contributed by atoms with Gasteiger partial charge < -0.3 is 21.9 Å². The van der Waals surface area contributed by atoms with Gasteiger partial charge in [-0.15, -0.1) is 0 Å². The average Bonchev–Trinajstić information content (AvgIpc) is 1.99.